The van der Waals surface area contributed by atoms with Crippen LogP contribution in [0, 0.1) is 11.3 Å². The number of thiazole rings is 1. The van der Waals surface area contributed by atoms with Crippen LogP contribution in [-0.4, -0.2) is 5.78 Å². The number of benzene rings is 1. The van der Waals surface area contributed by atoms with Crippen molar-refractivity contribution in [3.05, 3.63) is 52.5 Å². The molecule has 16 heavy (non-hydrogen) atoms. The zero-order valence-electron chi connectivity index (χ0n) is 8.46. The molecule has 0 spiro atoms. The van der Waals surface area contributed by atoms with Gasteiger partial charge in [0.05, 0.1) is 5.38 Å². The van der Waals surface area contributed by atoms with Crippen molar-refractivity contribution < 1.29 is 9.36 Å². The maximum absolute atomic E-state index is 11.9. The summed E-state index contributed by atoms with van der Waals surface area (Å²) in [5.41, 5.74) is 2.97. The van der Waals surface area contributed by atoms with E-state index in [-0.39, 0.29) is 12.3 Å². The molecule has 3 nitrogen and oxygen atoms in total. The monoisotopic (exact) mass is 229 g/mol. The molecule has 0 aliphatic rings. The average molecular weight is 229 g/mol. The van der Waals surface area contributed by atoms with Gasteiger partial charge in [0.1, 0.15) is 0 Å². The first-order valence-corrected chi connectivity index (χ1v) is 5.69. The van der Waals surface area contributed by atoms with E-state index >= 15 is 0 Å². The highest BCUT2D eigenvalue weighted by Gasteiger charge is 2.16. The fourth-order valence-electron chi connectivity index (χ4n) is 1.38. The Labute approximate surface area is 97.2 Å². The van der Waals surface area contributed by atoms with Gasteiger partial charge in [-0.25, -0.2) is 0 Å². The lowest BCUT2D eigenvalue weighted by Crippen LogP contribution is -2.38. The molecular formula is C12H9N2OS+. The Bertz CT molecular complexity index is 540. The summed E-state index contributed by atoms with van der Waals surface area (Å²) in [4.78, 5) is 11.9. The summed E-state index contributed by atoms with van der Waals surface area (Å²) in [7, 11) is 0. The van der Waals surface area contributed by atoms with E-state index < -0.39 is 0 Å². The molecule has 0 aliphatic heterocycles. The zero-order valence-corrected chi connectivity index (χ0v) is 9.28. The zero-order chi connectivity index (χ0) is 11.4. The first-order chi connectivity index (χ1) is 7.81. The molecule has 0 bridgehead atoms. The van der Waals surface area contributed by atoms with E-state index in [1.165, 1.54) is 11.3 Å². The Morgan fingerprint density at radius 1 is 1.38 bits per heavy atom. The molecule has 0 amide bonds. The predicted molar refractivity (Wildman–Crippen MR) is 60.0 cm³/mol. The van der Waals surface area contributed by atoms with Gasteiger partial charge in [0, 0.05) is 5.56 Å². The number of hydrogen-bond acceptors (Lipinski definition) is 3. The van der Waals surface area contributed by atoms with Gasteiger partial charge < -0.3 is 0 Å². The molecule has 0 saturated heterocycles. The van der Waals surface area contributed by atoms with Crippen LogP contribution >= 0.6 is 11.3 Å². The van der Waals surface area contributed by atoms with Crippen molar-refractivity contribution in [3.63, 3.8) is 0 Å². The minimum Gasteiger partial charge on any atom is -0.287 e. The second-order valence-corrected chi connectivity index (χ2v) is 3.99. The molecule has 0 atom stereocenters. The van der Waals surface area contributed by atoms with Crippen LogP contribution in [-0.2, 0) is 6.54 Å². The number of carbonyl (C=O) groups is 1. The highest BCUT2D eigenvalue weighted by atomic mass is 32.1. The highest BCUT2D eigenvalue weighted by Crippen LogP contribution is 2.02. The van der Waals surface area contributed by atoms with Gasteiger partial charge in [-0.05, 0) is 0 Å². The summed E-state index contributed by atoms with van der Waals surface area (Å²) in [6, 6.07) is 11.1. The predicted octanol–water partition coefficient (Wildman–Crippen LogP) is 1.79. The average Bonchev–Trinajstić information content (AvgIpc) is 2.77. The number of rotatable bonds is 3. The van der Waals surface area contributed by atoms with Crippen LogP contribution in [0.2, 0.25) is 0 Å². The lowest BCUT2D eigenvalue weighted by Gasteiger charge is -1.95. The Hall–Kier alpha value is -1.99. The van der Waals surface area contributed by atoms with E-state index in [4.69, 9.17) is 5.26 Å². The Morgan fingerprint density at radius 3 is 2.81 bits per heavy atom. The molecule has 0 unspecified atom stereocenters. The molecule has 2 rings (SSSR count). The first kappa shape index (κ1) is 10.5. The number of hydrogen-bond donors (Lipinski definition) is 0. The third kappa shape index (κ3) is 2.15. The number of ketones is 1. The van der Waals surface area contributed by atoms with E-state index in [2.05, 4.69) is 6.07 Å². The Morgan fingerprint density at radius 2 is 2.12 bits per heavy atom. The maximum Gasteiger partial charge on any atom is 0.294 e. The third-order valence-corrected chi connectivity index (χ3v) is 2.94. The van der Waals surface area contributed by atoms with E-state index in [9.17, 15) is 4.79 Å². The summed E-state index contributed by atoms with van der Waals surface area (Å²) in [5, 5.41) is 10.5. The summed E-state index contributed by atoms with van der Waals surface area (Å²) in [5.74, 6) is 0.0144. The van der Waals surface area contributed by atoms with Crippen LogP contribution in [0.25, 0.3) is 0 Å². The second-order valence-electron chi connectivity index (χ2n) is 3.27. The largest absolute Gasteiger partial charge is 0.294 e. The molecule has 1 aromatic carbocycles. The van der Waals surface area contributed by atoms with Gasteiger partial charge in [-0.15, -0.1) is 0 Å². The Kier molecular flexibility index (Phi) is 3.08. The van der Waals surface area contributed by atoms with Crippen LogP contribution < -0.4 is 4.57 Å². The van der Waals surface area contributed by atoms with Gasteiger partial charge in [0.25, 0.3) is 5.69 Å². The minimum absolute atomic E-state index is 0.0144. The summed E-state index contributed by atoms with van der Waals surface area (Å²) < 4.78 is 1.67. The smallest absolute Gasteiger partial charge is 0.287 e. The van der Waals surface area contributed by atoms with E-state index in [0.717, 1.165) is 0 Å². The molecule has 2 aromatic rings. The fraction of sp³-hybridized carbons (Fsp3) is 0.0833. The standard InChI is InChI=1S/C12H9N2OS/c13-6-11-8-16-9-14(11)7-12(15)10-4-2-1-3-5-10/h1-5,8-9H,7H2/q+1. The quantitative estimate of drug-likeness (QED) is 0.595. The number of nitriles is 1. The molecule has 0 saturated carbocycles. The Balaban J connectivity index is 2.18. The lowest BCUT2D eigenvalue weighted by atomic mass is 10.1. The second kappa shape index (κ2) is 4.69. The fourth-order valence-corrected chi connectivity index (χ4v) is 2.09. The molecule has 1 aromatic heterocycles. The molecule has 78 valence electrons. The molecule has 4 heteroatoms. The lowest BCUT2D eigenvalue weighted by molar-refractivity contribution is -0.680. The van der Waals surface area contributed by atoms with Gasteiger partial charge >= 0.3 is 0 Å². The topological polar surface area (TPSA) is 44.7 Å². The highest BCUT2D eigenvalue weighted by molar-refractivity contribution is 7.07. The van der Waals surface area contributed by atoms with Crippen molar-refractivity contribution >= 4 is 17.1 Å². The maximum atomic E-state index is 11.9. The van der Waals surface area contributed by atoms with Crippen molar-refractivity contribution in [2.45, 2.75) is 6.54 Å². The summed E-state index contributed by atoms with van der Waals surface area (Å²) >= 11 is 1.42. The third-order valence-electron chi connectivity index (χ3n) is 2.20. The van der Waals surface area contributed by atoms with Crippen molar-refractivity contribution in [3.8, 4) is 6.07 Å². The van der Waals surface area contributed by atoms with Gasteiger partial charge in [-0.3, -0.25) is 4.79 Å². The SMILES string of the molecule is N#Cc1csc[n+]1CC(=O)c1ccccc1. The van der Waals surface area contributed by atoms with Crippen LogP contribution in [0.15, 0.2) is 41.2 Å². The van der Waals surface area contributed by atoms with Gasteiger partial charge in [0.15, 0.2) is 6.07 Å². The molecule has 0 N–H and O–H groups in total. The number of aromatic nitrogens is 1. The van der Waals surface area contributed by atoms with Crippen molar-refractivity contribution in [1.29, 1.82) is 5.26 Å². The van der Waals surface area contributed by atoms with Crippen molar-refractivity contribution in [2.24, 2.45) is 0 Å². The molecule has 1 heterocycles. The first-order valence-electron chi connectivity index (χ1n) is 4.75. The van der Waals surface area contributed by atoms with Crippen LogP contribution in [0.4, 0.5) is 0 Å². The van der Waals surface area contributed by atoms with Crippen LogP contribution in [0.1, 0.15) is 16.1 Å². The van der Waals surface area contributed by atoms with E-state index in [1.54, 1.807) is 27.6 Å². The summed E-state index contributed by atoms with van der Waals surface area (Å²) in [6.45, 7) is 0.219. The van der Waals surface area contributed by atoms with Gasteiger partial charge in [0.2, 0.25) is 17.8 Å². The normalized spacial score (nSPS) is 9.69. The van der Waals surface area contributed by atoms with E-state index in [1.807, 2.05) is 18.2 Å². The van der Waals surface area contributed by atoms with Crippen LogP contribution in [0.5, 0.6) is 0 Å². The van der Waals surface area contributed by atoms with Crippen molar-refractivity contribution in [2.75, 3.05) is 0 Å². The molecule has 0 aliphatic carbocycles. The number of nitrogens with zero attached hydrogens (tertiary/aromatic N) is 2. The minimum atomic E-state index is 0.0144. The van der Waals surface area contributed by atoms with Crippen molar-refractivity contribution in [1.82, 2.24) is 0 Å². The van der Waals surface area contributed by atoms with Crippen LogP contribution in [0.3, 0.4) is 0 Å². The van der Waals surface area contributed by atoms with E-state index in [0.29, 0.717) is 11.3 Å². The molecular weight excluding hydrogens is 220 g/mol. The molecule has 0 fully saturated rings. The van der Waals surface area contributed by atoms with Gasteiger partial charge in [-0.1, -0.05) is 41.7 Å². The van der Waals surface area contributed by atoms with Gasteiger partial charge in [-0.2, -0.15) is 9.83 Å². The number of Topliss-reactive ketones (excluding diaryl/α,β-unsaturated/α-hetero) is 1. The summed E-state index contributed by atoms with van der Waals surface area (Å²) in [6.07, 6.45) is 0. The molecule has 0 radical (unpaired) electrons. The number of carbonyl (C=O) groups excluding carboxylic acids is 1.